The van der Waals surface area contributed by atoms with Gasteiger partial charge in [-0.15, -0.1) is 0 Å². The van der Waals surface area contributed by atoms with Crippen molar-refractivity contribution in [3.05, 3.63) is 29.6 Å². The standard InChI is InChI=1S/C13H14F3N3O3/c14-13(15,16)10-3-1-2-9(18-10)6-17-12(22)19-5-4-8(7-19)11(20)21/h1-3,8H,4-7H2,(H,17,22)(H,20,21). The van der Waals surface area contributed by atoms with Gasteiger partial charge in [-0.3, -0.25) is 4.79 Å². The lowest BCUT2D eigenvalue weighted by Crippen LogP contribution is -2.38. The van der Waals surface area contributed by atoms with E-state index in [0.717, 1.165) is 6.07 Å². The number of halogens is 3. The molecule has 0 spiro atoms. The van der Waals surface area contributed by atoms with Crippen molar-refractivity contribution in [1.82, 2.24) is 15.2 Å². The van der Waals surface area contributed by atoms with Gasteiger partial charge in [0, 0.05) is 13.1 Å². The maximum Gasteiger partial charge on any atom is 0.433 e. The number of likely N-dealkylation sites (tertiary alicyclic amines) is 1. The summed E-state index contributed by atoms with van der Waals surface area (Å²) in [6.45, 7) is 0.243. The van der Waals surface area contributed by atoms with Crippen LogP contribution in [0.4, 0.5) is 18.0 Å². The fourth-order valence-corrected chi connectivity index (χ4v) is 2.16. The van der Waals surface area contributed by atoms with Gasteiger partial charge < -0.3 is 15.3 Å². The number of amides is 2. The number of aromatic nitrogens is 1. The fourth-order valence-electron chi connectivity index (χ4n) is 2.16. The molecule has 0 saturated carbocycles. The van der Waals surface area contributed by atoms with Crippen molar-refractivity contribution in [1.29, 1.82) is 0 Å². The van der Waals surface area contributed by atoms with E-state index < -0.39 is 29.8 Å². The van der Waals surface area contributed by atoms with Gasteiger partial charge in [0.1, 0.15) is 5.69 Å². The zero-order valence-corrected chi connectivity index (χ0v) is 11.4. The van der Waals surface area contributed by atoms with E-state index in [1.165, 1.54) is 17.0 Å². The Labute approximate surface area is 123 Å². The lowest BCUT2D eigenvalue weighted by atomic mass is 10.1. The number of pyridine rings is 1. The molecule has 2 rings (SSSR count). The molecule has 2 heterocycles. The number of hydrogen-bond acceptors (Lipinski definition) is 3. The van der Waals surface area contributed by atoms with Gasteiger partial charge in [0.25, 0.3) is 0 Å². The summed E-state index contributed by atoms with van der Waals surface area (Å²) in [6, 6.07) is 2.93. The van der Waals surface area contributed by atoms with E-state index in [4.69, 9.17) is 5.11 Å². The molecule has 6 nitrogen and oxygen atoms in total. The lowest BCUT2D eigenvalue weighted by Gasteiger charge is -2.16. The van der Waals surface area contributed by atoms with E-state index in [9.17, 15) is 22.8 Å². The first-order chi connectivity index (χ1) is 10.3. The Kier molecular flexibility index (Phi) is 4.53. The molecule has 1 aromatic rings. The van der Waals surface area contributed by atoms with E-state index in [1.807, 2.05) is 0 Å². The number of rotatable bonds is 3. The summed E-state index contributed by atoms with van der Waals surface area (Å²) in [6.07, 6.45) is -4.17. The first-order valence-corrected chi connectivity index (χ1v) is 6.56. The van der Waals surface area contributed by atoms with Crippen LogP contribution in [0.15, 0.2) is 18.2 Å². The summed E-state index contributed by atoms with van der Waals surface area (Å²) in [7, 11) is 0. The number of alkyl halides is 3. The zero-order chi connectivity index (χ0) is 16.3. The van der Waals surface area contributed by atoms with Crippen molar-refractivity contribution in [2.45, 2.75) is 19.1 Å². The van der Waals surface area contributed by atoms with Crippen molar-refractivity contribution in [2.24, 2.45) is 5.92 Å². The number of urea groups is 1. The Hall–Kier alpha value is -2.32. The van der Waals surface area contributed by atoms with Crippen LogP contribution in [0.3, 0.4) is 0 Å². The maximum absolute atomic E-state index is 12.5. The summed E-state index contributed by atoms with van der Waals surface area (Å²) in [5, 5.41) is 11.3. The summed E-state index contributed by atoms with van der Waals surface area (Å²) >= 11 is 0. The first kappa shape index (κ1) is 16.1. The molecule has 1 aromatic heterocycles. The van der Waals surface area contributed by atoms with E-state index in [-0.39, 0.29) is 18.8 Å². The van der Waals surface area contributed by atoms with Gasteiger partial charge in [-0.05, 0) is 18.6 Å². The van der Waals surface area contributed by atoms with E-state index in [0.29, 0.717) is 13.0 Å². The Morgan fingerprint density at radius 2 is 2.14 bits per heavy atom. The third-order valence-corrected chi connectivity index (χ3v) is 3.34. The Morgan fingerprint density at radius 1 is 1.41 bits per heavy atom. The Bertz CT molecular complexity index is 577. The highest BCUT2D eigenvalue weighted by Gasteiger charge is 2.33. The lowest BCUT2D eigenvalue weighted by molar-refractivity contribution is -0.142. The minimum absolute atomic E-state index is 0.0807. The molecule has 0 aliphatic carbocycles. The number of nitrogens with one attached hydrogen (secondary N) is 1. The molecule has 2 amide bonds. The van der Waals surface area contributed by atoms with E-state index >= 15 is 0 Å². The van der Waals surface area contributed by atoms with Crippen LogP contribution in [0.5, 0.6) is 0 Å². The van der Waals surface area contributed by atoms with Crippen LogP contribution < -0.4 is 5.32 Å². The summed E-state index contributed by atoms with van der Waals surface area (Å²) in [5.74, 6) is -1.56. The molecule has 1 aliphatic heterocycles. The van der Waals surface area contributed by atoms with Crippen molar-refractivity contribution in [3.63, 3.8) is 0 Å². The van der Waals surface area contributed by atoms with Crippen LogP contribution >= 0.6 is 0 Å². The fraction of sp³-hybridized carbons (Fsp3) is 0.462. The Morgan fingerprint density at radius 3 is 2.73 bits per heavy atom. The second-order valence-electron chi connectivity index (χ2n) is 4.94. The summed E-state index contributed by atoms with van der Waals surface area (Å²) < 4.78 is 37.6. The highest BCUT2D eigenvalue weighted by atomic mass is 19.4. The number of hydrogen-bond donors (Lipinski definition) is 2. The van der Waals surface area contributed by atoms with Crippen LogP contribution in [0.1, 0.15) is 17.8 Å². The van der Waals surface area contributed by atoms with Crippen molar-refractivity contribution in [2.75, 3.05) is 13.1 Å². The van der Waals surface area contributed by atoms with Gasteiger partial charge in [-0.25, -0.2) is 9.78 Å². The van der Waals surface area contributed by atoms with E-state index in [2.05, 4.69) is 10.3 Å². The first-order valence-electron chi connectivity index (χ1n) is 6.56. The highest BCUT2D eigenvalue weighted by molar-refractivity contribution is 5.77. The number of aliphatic carboxylic acids is 1. The average Bonchev–Trinajstić information content (AvgIpc) is 2.94. The topological polar surface area (TPSA) is 82.5 Å². The minimum Gasteiger partial charge on any atom is -0.481 e. The molecule has 22 heavy (non-hydrogen) atoms. The summed E-state index contributed by atoms with van der Waals surface area (Å²) in [5.41, 5.74) is -0.941. The molecule has 1 unspecified atom stereocenters. The molecule has 1 fully saturated rings. The number of carboxylic acids is 1. The predicted molar refractivity (Wildman–Crippen MR) is 68.8 cm³/mol. The second kappa shape index (κ2) is 6.20. The minimum atomic E-state index is -4.54. The number of carbonyl (C=O) groups is 2. The Balaban J connectivity index is 1.91. The molecule has 1 saturated heterocycles. The average molecular weight is 317 g/mol. The van der Waals surface area contributed by atoms with Gasteiger partial charge in [-0.1, -0.05) is 6.07 Å². The monoisotopic (exact) mass is 317 g/mol. The third-order valence-electron chi connectivity index (χ3n) is 3.34. The van der Waals surface area contributed by atoms with Crippen molar-refractivity contribution in [3.8, 4) is 0 Å². The zero-order valence-electron chi connectivity index (χ0n) is 11.4. The molecular weight excluding hydrogens is 303 g/mol. The normalized spacial score (nSPS) is 18.3. The van der Waals surface area contributed by atoms with Crippen LogP contribution in [0, 0.1) is 5.92 Å². The second-order valence-corrected chi connectivity index (χ2v) is 4.94. The van der Waals surface area contributed by atoms with Gasteiger partial charge in [0.2, 0.25) is 0 Å². The van der Waals surface area contributed by atoms with Crippen LogP contribution in [0.25, 0.3) is 0 Å². The molecular formula is C13H14F3N3O3. The quantitative estimate of drug-likeness (QED) is 0.889. The molecule has 0 radical (unpaired) electrons. The van der Waals surface area contributed by atoms with Crippen LogP contribution in [-0.2, 0) is 17.5 Å². The number of carbonyl (C=O) groups excluding carboxylic acids is 1. The third kappa shape index (κ3) is 3.86. The molecule has 2 N–H and O–H groups in total. The predicted octanol–water partition coefficient (Wildman–Crippen LogP) is 1.72. The van der Waals surface area contributed by atoms with Crippen molar-refractivity contribution < 1.29 is 27.9 Å². The highest BCUT2D eigenvalue weighted by Crippen LogP contribution is 2.27. The molecule has 1 atom stereocenters. The molecule has 0 aromatic carbocycles. The van der Waals surface area contributed by atoms with Crippen molar-refractivity contribution >= 4 is 12.0 Å². The summed E-state index contributed by atoms with van der Waals surface area (Å²) in [4.78, 5) is 27.4. The van der Waals surface area contributed by atoms with Crippen LogP contribution in [0.2, 0.25) is 0 Å². The molecule has 1 aliphatic rings. The molecule has 9 heteroatoms. The van der Waals surface area contributed by atoms with E-state index in [1.54, 1.807) is 0 Å². The van der Waals surface area contributed by atoms with Gasteiger partial charge >= 0.3 is 18.2 Å². The van der Waals surface area contributed by atoms with Gasteiger partial charge in [-0.2, -0.15) is 13.2 Å². The smallest absolute Gasteiger partial charge is 0.433 e. The van der Waals surface area contributed by atoms with Gasteiger partial charge in [0.05, 0.1) is 18.2 Å². The number of nitrogens with zero attached hydrogens (tertiary/aromatic N) is 2. The molecule has 120 valence electrons. The number of carboxylic acid groups (broad SMARTS) is 1. The maximum atomic E-state index is 12.5. The molecule has 0 bridgehead atoms. The van der Waals surface area contributed by atoms with Gasteiger partial charge in [0.15, 0.2) is 0 Å². The van der Waals surface area contributed by atoms with Crippen LogP contribution in [-0.4, -0.2) is 40.1 Å². The SMILES string of the molecule is O=C(O)C1CCN(C(=O)NCc2cccc(C(F)(F)F)n2)C1. The largest absolute Gasteiger partial charge is 0.481 e.